The molecule has 0 unspecified atom stereocenters. The highest BCUT2D eigenvalue weighted by molar-refractivity contribution is 5.14. The van der Waals surface area contributed by atoms with Gasteiger partial charge in [-0.15, -0.1) is 0 Å². The fraction of sp³-hybridized carbons (Fsp3) is 0.944. The van der Waals surface area contributed by atoms with E-state index in [1.807, 2.05) is 0 Å². The van der Waals surface area contributed by atoms with Gasteiger partial charge >= 0.3 is 12.4 Å². The molecule has 10 rings (SSSR count). The first-order valence-electron chi connectivity index (χ1n) is 18.8. The summed E-state index contributed by atoms with van der Waals surface area (Å²) in [5.41, 5.74) is -2.50. The highest BCUT2D eigenvalue weighted by atomic mass is 19.4. The number of fused-ring (bicyclic) bond motifs is 4. The lowest BCUT2D eigenvalue weighted by Gasteiger charge is -2.62. The number of halogens is 6. The average molecular weight is 757 g/mol. The van der Waals surface area contributed by atoms with Crippen LogP contribution in [0, 0.1) is 47.3 Å². The van der Waals surface area contributed by atoms with Crippen molar-refractivity contribution in [2.45, 2.75) is 152 Å². The lowest BCUT2D eigenvalue weighted by Crippen LogP contribution is -2.76. The third kappa shape index (κ3) is 5.13. The summed E-state index contributed by atoms with van der Waals surface area (Å²) in [4.78, 5) is 23.4. The molecule has 2 aliphatic carbocycles. The molecule has 0 radical (unpaired) electrons. The Balaban J connectivity index is 1.01. The number of rotatable bonds is 6. The van der Waals surface area contributed by atoms with Crippen molar-refractivity contribution in [2.75, 3.05) is 13.2 Å². The van der Waals surface area contributed by atoms with E-state index in [9.17, 15) is 0 Å². The van der Waals surface area contributed by atoms with Crippen LogP contribution in [0.15, 0.2) is 12.2 Å². The maximum atomic E-state index is 15.2. The van der Waals surface area contributed by atoms with E-state index in [1.54, 1.807) is 13.8 Å². The Morgan fingerprint density at radius 1 is 0.538 bits per heavy atom. The van der Waals surface area contributed by atoms with Crippen LogP contribution in [0.2, 0.25) is 0 Å². The summed E-state index contributed by atoms with van der Waals surface area (Å²) in [5.74, 6) is -12.6. The fourth-order valence-electron chi connectivity index (χ4n) is 11.5. The Bertz CT molecular complexity index is 1310. The molecule has 16 heteroatoms. The van der Waals surface area contributed by atoms with Crippen LogP contribution in [0.3, 0.4) is 0 Å². The van der Waals surface area contributed by atoms with Gasteiger partial charge in [0.25, 0.3) is 11.6 Å². The van der Waals surface area contributed by atoms with Crippen molar-refractivity contribution in [3.05, 3.63) is 12.2 Å². The normalized spacial score (nSPS) is 54.4. The molecule has 0 aromatic heterocycles. The Hall–Kier alpha value is -1.08. The predicted octanol–water partition coefficient (Wildman–Crippen LogP) is 7.86. The molecule has 8 saturated heterocycles. The van der Waals surface area contributed by atoms with Crippen molar-refractivity contribution in [2.24, 2.45) is 47.3 Å². The van der Waals surface area contributed by atoms with Crippen LogP contribution in [-0.4, -0.2) is 72.5 Å². The van der Waals surface area contributed by atoms with E-state index < -0.39 is 96.2 Å². The highest BCUT2D eigenvalue weighted by Crippen LogP contribution is 2.66. The average Bonchev–Trinajstić information content (AvgIpc) is 3.43. The summed E-state index contributed by atoms with van der Waals surface area (Å²) < 4.78 is 126. The predicted molar refractivity (Wildman–Crippen MR) is 165 cm³/mol. The van der Waals surface area contributed by atoms with E-state index >= 15 is 26.3 Å². The molecule has 0 aromatic carbocycles. The van der Waals surface area contributed by atoms with Gasteiger partial charge in [0.2, 0.25) is 11.6 Å². The van der Waals surface area contributed by atoms with Gasteiger partial charge in [-0.1, -0.05) is 39.8 Å². The summed E-state index contributed by atoms with van der Waals surface area (Å²) >= 11 is 0. The molecule has 8 heterocycles. The monoisotopic (exact) mass is 756 g/mol. The zero-order valence-corrected chi connectivity index (χ0v) is 30.3. The van der Waals surface area contributed by atoms with Gasteiger partial charge in [0.05, 0.1) is 13.2 Å². The van der Waals surface area contributed by atoms with Crippen LogP contribution in [0.5, 0.6) is 0 Å². The number of alkyl halides is 6. The third-order valence-electron chi connectivity index (χ3n) is 14.3. The second-order valence-electron chi connectivity index (χ2n) is 17.1. The molecule has 16 atom stereocenters. The van der Waals surface area contributed by atoms with Crippen LogP contribution in [0.1, 0.15) is 92.9 Å². The van der Waals surface area contributed by atoms with Crippen LogP contribution in [0.4, 0.5) is 26.3 Å². The van der Waals surface area contributed by atoms with Crippen LogP contribution < -0.4 is 0 Å². The Morgan fingerprint density at radius 3 is 1.29 bits per heavy atom. The topological polar surface area (TPSA) is 92.3 Å². The fourth-order valence-corrected chi connectivity index (χ4v) is 11.5. The molecule has 10 nitrogen and oxygen atoms in total. The zero-order valence-electron chi connectivity index (χ0n) is 30.3. The summed E-state index contributed by atoms with van der Waals surface area (Å²) in [6, 6.07) is 0. The quantitative estimate of drug-likeness (QED) is 0.152. The molecule has 10 fully saturated rings. The van der Waals surface area contributed by atoms with E-state index in [4.69, 9.17) is 48.0 Å². The summed E-state index contributed by atoms with van der Waals surface area (Å²) in [5, 5.41) is 0. The second-order valence-corrected chi connectivity index (χ2v) is 17.1. The van der Waals surface area contributed by atoms with E-state index in [1.165, 1.54) is 26.0 Å². The van der Waals surface area contributed by atoms with Crippen molar-refractivity contribution in [1.29, 1.82) is 0 Å². The molecule has 2 saturated carbocycles. The van der Waals surface area contributed by atoms with Crippen molar-refractivity contribution < 1.29 is 74.3 Å². The van der Waals surface area contributed by atoms with Gasteiger partial charge in [-0.25, -0.2) is 19.6 Å². The van der Waals surface area contributed by atoms with Gasteiger partial charge in [-0.2, -0.15) is 26.3 Å². The minimum Gasteiger partial charge on any atom is -0.338 e. The van der Waals surface area contributed by atoms with Crippen LogP contribution in [0.25, 0.3) is 0 Å². The van der Waals surface area contributed by atoms with E-state index in [2.05, 4.69) is 13.8 Å². The Labute approximate surface area is 299 Å². The molecular weight excluding hydrogens is 706 g/mol. The standard InChI is InChI=1S/C36H50F6O10/c1-19-9-11-25-21(3)33(35(37,38)39,47-27-31(25)23(19)13-15-29(5,45-27)49-51-31)43-17-7-8-18-44-34(36(40,41)42)22(4)26-12-10-20(2)24-14-16-30(6)46-28(48-34)32(24,26)52-50-30/h7-8,19-28H,9-18H2,1-6H3/b8-7+/t19-,20-,21-,22-,23+,24+,25+,26+,27+,28+,29+,30+,31-,32-,33-,34-/m1/s1. The number of hydrogen-bond donors (Lipinski definition) is 0. The summed E-state index contributed by atoms with van der Waals surface area (Å²) in [6.07, 6.45) is -6.13. The molecule has 52 heavy (non-hydrogen) atoms. The maximum Gasteiger partial charge on any atom is 0.443 e. The molecule has 2 spiro atoms. The van der Waals surface area contributed by atoms with Gasteiger partial charge in [0, 0.05) is 36.5 Å². The van der Waals surface area contributed by atoms with Gasteiger partial charge in [0.15, 0.2) is 23.8 Å². The highest BCUT2D eigenvalue weighted by Gasteiger charge is 2.79. The Morgan fingerprint density at radius 2 is 0.923 bits per heavy atom. The van der Waals surface area contributed by atoms with Gasteiger partial charge in [-0.3, -0.25) is 0 Å². The zero-order chi connectivity index (χ0) is 37.3. The summed E-state index contributed by atoms with van der Waals surface area (Å²) in [6.45, 7) is 8.93. The lowest BCUT2D eigenvalue weighted by atomic mass is 9.57. The van der Waals surface area contributed by atoms with E-state index in [-0.39, 0.29) is 23.7 Å². The van der Waals surface area contributed by atoms with E-state index in [0.717, 1.165) is 0 Å². The minimum absolute atomic E-state index is 0.141. The second kappa shape index (κ2) is 12.2. The molecule has 0 aromatic rings. The molecule has 10 aliphatic rings. The van der Waals surface area contributed by atoms with Crippen LogP contribution in [-0.2, 0) is 48.0 Å². The van der Waals surface area contributed by atoms with Gasteiger partial charge < -0.3 is 28.4 Å². The van der Waals surface area contributed by atoms with Crippen LogP contribution >= 0.6 is 0 Å². The molecule has 4 bridgehead atoms. The van der Waals surface area contributed by atoms with Crippen molar-refractivity contribution in [3.8, 4) is 0 Å². The molecule has 8 aliphatic heterocycles. The molecule has 0 N–H and O–H groups in total. The van der Waals surface area contributed by atoms with Gasteiger partial charge in [0.1, 0.15) is 0 Å². The smallest absolute Gasteiger partial charge is 0.338 e. The first-order valence-corrected chi connectivity index (χ1v) is 18.8. The third-order valence-corrected chi connectivity index (χ3v) is 14.3. The van der Waals surface area contributed by atoms with Gasteiger partial charge in [-0.05, 0) is 76.0 Å². The van der Waals surface area contributed by atoms with E-state index in [0.29, 0.717) is 51.4 Å². The number of hydrogen-bond acceptors (Lipinski definition) is 10. The maximum absolute atomic E-state index is 15.2. The first kappa shape index (κ1) is 37.8. The molecule has 0 amide bonds. The molecular formula is C36H50F6O10. The minimum atomic E-state index is -4.99. The summed E-state index contributed by atoms with van der Waals surface area (Å²) in [7, 11) is 0. The lowest BCUT2D eigenvalue weighted by molar-refractivity contribution is -0.598. The number of ether oxygens (including phenoxy) is 6. The SMILES string of the molecule is C[C@@H]1CC[C@H]2[C@@H](C)[C@](OC/C=C/CO[C@@]3(C(F)(F)F)O[C@@H]4O[C@]5(C)CC[C@H]6[C@H](C)CC[C@@H]([C@H]3C)[C@@]46OO5)(C(F)(F)F)O[C@@H]3O[C@]4(C)CC[C@@H]1[C@]32OO4. The largest absolute Gasteiger partial charge is 0.443 e. The molecule has 296 valence electrons. The van der Waals surface area contributed by atoms with Crippen molar-refractivity contribution in [1.82, 2.24) is 0 Å². The van der Waals surface area contributed by atoms with Crippen molar-refractivity contribution >= 4 is 0 Å². The van der Waals surface area contributed by atoms with Crippen molar-refractivity contribution in [3.63, 3.8) is 0 Å². The Kier molecular flexibility index (Phi) is 8.88. The first-order chi connectivity index (χ1) is 24.3.